The van der Waals surface area contributed by atoms with E-state index in [1.165, 1.54) is 11.1 Å². The van der Waals surface area contributed by atoms with Crippen LogP contribution in [0.25, 0.3) is 0 Å². The Morgan fingerprint density at radius 1 is 1.22 bits per heavy atom. The van der Waals surface area contributed by atoms with Gasteiger partial charge in [0.05, 0.1) is 20.3 Å². The van der Waals surface area contributed by atoms with Gasteiger partial charge >= 0.3 is 0 Å². The van der Waals surface area contributed by atoms with Crippen LogP contribution in [0.5, 0.6) is 11.5 Å². The van der Waals surface area contributed by atoms with Gasteiger partial charge in [-0.15, -0.1) is 0 Å². The number of aromatic nitrogens is 1. The zero-order valence-electron chi connectivity index (χ0n) is 16.6. The number of benzene rings is 1. The van der Waals surface area contributed by atoms with Crippen molar-refractivity contribution in [2.45, 2.75) is 39.3 Å². The van der Waals surface area contributed by atoms with E-state index in [-0.39, 0.29) is 18.0 Å². The Morgan fingerprint density at radius 3 is 2.59 bits per heavy atom. The highest BCUT2D eigenvalue weighted by Gasteiger charge is 2.26. The SMILES string of the molecule is COc1cc2c(cc1OC)[C@@H](C)N(c1ccnc(C(=O)NC(C)C)c1)CC2. The van der Waals surface area contributed by atoms with Crippen LogP contribution >= 0.6 is 0 Å². The number of hydrogen-bond acceptors (Lipinski definition) is 5. The first kappa shape index (κ1) is 19.0. The van der Waals surface area contributed by atoms with Crippen molar-refractivity contribution < 1.29 is 14.3 Å². The number of ether oxygens (including phenoxy) is 2. The average molecular weight is 369 g/mol. The zero-order chi connectivity index (χ0) is 19.6. The zero-order valence-corrected chi connectivity index (χ0v) is 16.6. The Balaban J connectivity index is 1.91. The molecule has 0 radical (unpaired) electrons. The highest BCUT2D eigenvalue weighted by molar-refractivity contribution is 5.93. The lowest BCUT2D eigenvalue weighted by Crippen LogP contribution is -2.35. The number of methoxy groups -OCH3 is 2. The Labute approximate surface area is 160 Å². The molecule has 1 N–H and O–H groups in total. The first-order valence-corrected chi connectivity index (χ1v) is 9.23. The molecule has 144 valence electrons. The maximum Gasteiger partial charge on any atom is 0.270 e. The fraction of sp³-hybridized carbons (Fsp3) is 0.429. The molecule has 1 aromatic carbocycles. The van der Waals surface area contributed by atoms with Gasteiger partial charge in [0.1, 0.15) is 5.69 Å². The van der Waals surface area contributed by atoms with E-state index in [9.17, 15) is 4.79 Å². The Kier molecular flexibility index (Phi) is 5.54. The summed E-state index contributed by atoms with van der Waals surface area (Å²) in [5.74, 6) is 1.34. The molecule has 3 rings (SSSR count). The number of carbonyl (C=O) groups excluding carboxylic acids is 1. The largest absolute Gasteiger partial charge is 0.493 e. The molecule has 6 nitrogen and oxygen atoms in total. The number of fused-ring (bicyclic) bond motifs is 1. The molecule has 1 amide bonds. The predicted molar refractivity (Wildman–Crippen MR) is 106 cm³/mol. The van der Waals surface area contributed by atoms with Crippen LogP contribution in [0.2, 0.25) is 0 Å². The quantitative estimate of drug-likeness (QED) is 0.876. The van der Waals surface area contributed by atoms with Gasteiger partial charge in [0.15, 0.2) is 11.5 Å². The second-order valence-corrected chi connectivity index (χ2v) is 7.05. The number of hydrogen-bond donors (Lipinski definition) is 1. The lowest BCUT2D eigenvalue weighted by atomic mass is 9.92. The number of amides is 1. The number of nitrogens with zero attached hydrogens (tertiary/aromatic N) is 2. The monoisotopic (exact) mass is 369 g/mol. The van der Waals surface area contributed by atoms with Crippen molar-refractivity contribution in [2.24, 2.45) is 0 Å². The molecule has 2 heterocycles. The summed E-state index contributed by atoms with van der Waals surface area (Å²) in [6.07, 6.45) is 2.59. The lowest BCUT2D eigenvalue weighted by Gasteiger charge is -2.37. The van der Waals surface area contributed by atoms with Crippen molar-refractivity contribution in [3.05, 3.63) is 47.3 Å². The fourth-order valence-electron chi connectivity index (χ4n) is 3.56. The fourth-order valence-corrected chi connectivity index (χ4v) is 3.56. The minimum Gasteiger partial charge on any atom is -0.493 e. The molecular formula is C21H27N3O3. The summed E-state index contributed by atoms with van der Waals surface area (Å²) in [6.45, 7) is 6.90. The summed E-state index contributed by atoms with van der Waals surface area (Å²) in [4.78, 5) is 18.8. The van der Waals surface area contributed by atoms with Gasteiger partial charge in [-0.3, -0.25) is 9.78 Å². The summed E-state index contributed by atoms with van der Waals surface area (Å²) in [7, 11) is 3.31. The van der Waals surface area contributed by atoms with Gasteiger partial charge in [0, 0.05) is 24.5 Å². The van der Waals surface area contributed by atoms with Crippen molar-refractivity contribution in [3.63, 3.8) is 0 Å². The molecule has 1 aliphatic rings. The van der Waals surface area contributed by atoms with Crippen molar-refractivity contribution in [1.29, 1.82) is 0 Å². The summed E-state index contributed by atoms with van der Waals surface area (Å²) in [6, 6.07) is 8.16. The molecule has 6 heteroatoms. The highest BCUT2D eigenvalue weighted by Crippen LogP contribution is 2.39. The molecule has 1 aromatic heterocycles. The van der Waals surface area contributed by atoms with Gasteiger partial charge in [0.2, 0.25) is 0 Å². The van der Waals surface area contributed by atoms with Crippen LogP contribution in [0.4, 0.5) is 5.69 Å². The minimum absolute atomic E-state index is 0.0752. The highest BCUT2D eigenvalue weighted by atomic mass is 16.5. The third-order valence-corrected chi connectivity index (χ3v) is 4.91. The first-order chi connectivity index (χ1) is 12.9. The molecule has 0 saturated heterocycles. The summed E-state index contributed by atoms with van der Waals surface area (Å²) in [5.41, 5.74) is 3.91. The van der Waals surface area contributed by atoms with Crippen molar-refractivity contribution >= 4 is 11.6 Å². The number of nitrogens with one attached hydrogen (secondary N) is 1. The van der Waals surface area contributed by atoms with Gasteiger partial charge in [0.25, 0.3) is 5.91 Å². The average Bonchev–Trinajstić information content (AvgIpc) is 2.67. The molecule has 27 heavy (non-hydrogen) atoms. The molecular weight excluding hydrogens is 342 g/mol. The third kappa shape index (κ3) is 3.84. The standard InChI is InChI=1S/C21H27N3O3/c1-13(2)23-21(25)18-11-16(6-8-22-18)24-9-7-15-10-19(26-4)20(27-5)12-17(15)14(24)3/h6,8,10-14H,7,9H2,1-5H3,(H,23,25)/t14-/m1/s1. The Hall–Kier alpha value is -2.76. The van der Waals surface area contributed by atoms with E-state index in [2.05, 4.69) is 34.3 Å². The number of rotatable bonds is 5. The van der Waals surface area contributed by atoms with Crippen LogP contribution in [-0.4, -0.2) is 37.7 Å². The molecule has 2 aromatic rings. The maximum atomic E-state index is 12.3. The van der Waals surface area contributed by atoms with Crippen LogP contribution in [0, 0.1) is 0 Å². The van der Waals surface area contributed by atoms with E-state index in [1.54, 1.807) is 20.4 Å². The molecule has 0 aliphatic carbocycles. The van der Waals surface area contributed by atoms with E-state index in [1.807, 2.05) is 26.0 Å². The van der Waals surface area contributed by atoms with Gasteiger partial charge in [-0.05, 0) is 62.6 Å². The molecule has 0 saturated carbocycles. The predicted octanol–water partition coefficient (Wildman–Crippen LogP) is 3.36. The topological polar surface area (TPSA) is 63.7 Å². The van der Waals surface area contributed by atoms with Gasteiger partial charge in [-0.1, -0.05) is 0 Å². The second kappa shape index (κ2) is 7.86. The molecule has 0 bridgehead atoms. The third-order valence-electron chi connectivity index (χ3n) is 4.91. The minimum atomic E-state index is -0.150. The van der Waals surface area contributed by atoms with Gasteiger partial charge in [-0.2, -0.15) is 0 Å². The smallest absolute Gasteiger partial charge is 0.270 e. The van der Waals surface area contributed by atoms with Crippen LogP contribution < -0.4 is 19.7 Å². The summed E-state index contributed by atoms with van der Waals surface area (Å²) >= 11 is 0. The van der Waals surface area contributed by atoms with Gasteiger partial charge in [-0.25, -0.2) is 0 Å². The lowest BCUT2D eigenvalue weighted by molar-refractivity contribution is 0.0938. The van der Waals surface area contributed by atoms with E-state index >= 15 is 0 Å². The Morgan fingerprint density at radius 2 is 1.93 bits per heavy atom. The molecule has 0 unspecified atom stereocenters. The first-order valence-electron chi connectivity index (χ1n) is 9.23. The summed E-state index contributed by atoms with van der Waals surface area (Å²) < 4.78 is 10.9. The van der Waals surface area contributed by atoms with Crippen LogP contribution in [0.1, 0.15) is 48.4 Å². The van der Waals surface area contributed by atoms with E-state index in [0.717, 1.165) is 30.2 Å². The van der Waals surface area contributed by atoms with Crippen LogP contribution in [-0.2, 0) is 6.42 Å². The number of carbonyl (C=O) groups is 1. The van der Waals surface area contributed by atoms with Gasteiger partial charge < -0.3 is 19.7 Å². The van der Waals surface area contributed by atoms with E-state index in [0.29, 0.717) is 5.69 Å². The van der Waals surface area contributed by atoms with E-state index in [4.69, 9.17) is 9.47 Å². The maximum absolute atomic E-state index is 12.3. The molecule has 0 fully saturated rings. The second-order valence-electron chi connectivity index (χ2n) is 7.05. The molecule has 1 atom stereocenters. The number of pyridine rings is 1. The molecule has 0 spiro atoms. The van der Waals surface area contributed by atoms with Crippen molar-refractivity contribution in [2.75, 3.05) is 25.7 Å². The number of anilines is 1. The molecule has 1 aliphatic heterocycles. The van der Waals surface area contributed by atoms with Crippen molar-refractivity contribution in [1.82, 2.24) is 10.3 Å². The summed E-state index contributed by atoms with van der Waals surface area (Å²) in [5, 5.41) is 2.89. The van der Waals surface area contributed by atoms with E-state index < -0.39 is 0 Å². The van der Waals surface area contributed by atoms with Crippen LogP contribution in [0.3, 0.4) is 0 Å². The van der Waals surface area contributed by atoms with Crippen LogP contribution in [0.15, 0.2) is 30.5 Å². The normalized spacial score (nSPS) is 16.1. The van der Waals surface area contributed by atoms with Crippen molar-refractivity contribution in [3.8, 4) is 11.5 Å². The Bertz CT molecular complexity index is 835.